The molecule has 2 N–H and O–H groups in total. The van der Waals surface area contributed by atoms with E-state index in [1.54, 1.807) is 12.5 Å². The number of nitrogens with zero attached hydrogens (tertiary/aromatic N) is 4. The Morgan fingerprint density at radius 3 is 2.90 bits per heavy atom. The van der Waals surface area contributed by atoms with E-state index in [0.29, 0.717) is 6.54 Å². The molecule has 0 aliphatic carbocycles. The third-order valence-corrected chi connectivity index (χ3v) is 3.29. The van der Waals surface area contributed by atoms with E-state index in [4.69, 9.17) is 10.7 Å². The second-order valence-electron chi connectivity index (χ2n) is 4.81. The van der Waals surface area contributed by atoms with Crippen LogP contribution < -0.4 is 5.73 Å². The summed E-state index contributed by atoms with van der Waals surface area (Å²) in [6.07, 6.45) is 5.34. The molecule has 2 heterocycles. The molecule has 5 nitrogen and oxygen atoms in total. The van der Waals surface area contributed by atoms with Gasteiger partial charge in [0.25, 0.3) is 0 Å². The second kappa shape index (κ2) is 5.28. The molecule has 0 radical (unpaired) electrons. The van der Waals surface area contributed by atoms with E-state index in [-0.39, 0.29) is 0 Å². The predicted octanol–water partition coefficient (Wildman–Crippen LogP) is 2.41. The number of rotatable bonds is 4. The van der Waals surface area contributed by atoms with E-state index in [2.05, 4.69) is 21.5 Å². The molecular weight excluding hydrogens is 250 g/mol. The van der Waals surface area contributed by atoms with Gasteiger partial charge in [-0.3, -0.25) is 0 Å². The van der Waals surface area contributed by atoms with E-state index >= 15 is 0 Å². The fourth-order valence-electron chi connectivity index (χ4n) is 2.36. The molecule has 1 aromatic carbocycles. The van der Waals surface area contributed by atoms with Gasteiger partial charge in [0, 0.05) is 18.3 Å². The molecule has 0 saturated heterocycles. The van der Waals surface area contributed by atoms with Gasteiger partial charge < -0.3 is 10.3 Å². The Morgan fingerprint density at radius 1 is 1.25 bits per heavy atom. The molecule has 0 amide bonds. The summed E-state index contributed by atoms with van der Waals surface area (Å²) in [7, 11) is 0. The van der Waals surface area contributed by atoms with Crippen molar-refractivity contribution in [1.29, 1.82) is 0 Å². The van der Waals surface area contributed by atoms with Gasteiger partial charge in [-0.2, -0.15) is 0 Å². The fourth-order valence-corrected chi connectivity index (χ4v) is 2.36. The number of benzene rings is 1. The van der Waals surface area contributed by atoms with Crippen LogP contribution in [0.15, 0.2) is 36.8 Å². The number of hydrogen-bond donors (Lipinski definition) is 1. The second-order valence-corrected chi connectivity index (χ2v) is 4.81. The summed E-state index contributed by atoms with van der Waals surface area (Å²) in [5, 5.41) is 0. The summed E-state index contributed by atoms with van der Waals surface area (Å²) in [5.74, 6) is 1.08. The van der Waals surface area contributed by atoms with Crippen molar-refractivity contribution in [3.05, 3.63) is 48.3 Å². The molecule has 0 saturated carbocycles. The first-order valence-corrected chi connectivity index (χ1v) is 6.77. The first-order valence-electron chi connectivity index (χ1n) is 6.77. The van der Waals surface area contributed by atoms with E-state index in [1.165, 1.54) is 0 Å². The van der Waals surface area contributed by atoms with Crippen molar-refractivity contribution in [3.8, 4) is 0 Å². The van der Waals surface area contributed by atoms with E-state index in [9.17, 15) is 0 Å². The first kappa shape index (κ1) is 12.6. The number of aryl methyl sites for hydroxylation is 1. The molecule has 2 aromatic heterocycles. The zero-order valence-corrected chi connectivity index (χ0v) is 11.5. The Bertz CT molecular complexity index is 718. The Hall–Kier alpha value is -2.43. The zero-order valence-electron chi connectivity index (χ0n) is 11.5. The lowest BCUT2D eigenvalue weighted by Gasteiger charge is -2.08. The number of hydrogen-bond acceptors (Lipinski definition) is 4. The number of fused-ring (bicyclic) bond motifs is 1. The summed E-state index contributed by atoms with van der Waals surface area (Å²) in [6, 6.07) is 7.79. The van der Waals surface area contributed by atoms with Crippen molar-refractivity contribution in [2.24, 2.45) is 0 Å². The van der Waals surface area contributed by atoms with Gasteiger partial charge in [0.05, 0.1) is 23.3 Å². The van der Waals surface area contributed by atoms with Crippen molar-refractivity contribution in [2.75, 3.05) is 5.73 Å². The first-order chi connectivity index (χ1) is 9.78. The summed E-state index contributed by atoms with van der Waals surface area (Å²) in [6.45, 7) is 2.86. The highest BCUT2D eigenvalue weighted by atomic mass is 15.1. The van der Waals surface area contributed by atoms with E-state index in [1.807, 2.05) is 24.3 Å². The van der Waals surface area contributed by atoms with Gasteiger partial charge in [-0.15, -0.1) is 0 Å². The van der Waals surface area contributed by atoms with Crippen molar-refractivity contribution >= 4 is 16.7 Å². The maximum absolute atomic E-state index is 5.84. The standard InChI is InChI=1S/C15H17N5/c1-2-3-15-19-13-8-11(16)4-5-14(13)20(15)9-12-6-7-17-10-18-12/h4-8,10H,2-3,9,16H2,1H3. The van der Waals surface area contributed by atoms with Crippen LogP contribution in [0.25, 0.3) is 11.0 Å². The lowest BCUT2D eigenvalue weighted by molar-refractivity contribution is 0.708. The van der Waals surface area contributed by atoms with E-state index in [0.717, 1.165) is 41.1 Å². The quantitative estimate of drug-likeness (QED) is 0.737. The predicted molar refractivity (Wildman–Crippen MR) is 79.3 cm³/mol. The molecular formula is C15H17N5. The summed E-state index contributed by atoms with van der Waals surface area (Å²) < 4.78 is 2.21. The van der Waals surface area contributed by atoms with Crippen LogP contribution in [-0.4, -0.2) is 19.5 Å². The monoisotopic (exact) mass is 267 g/mol. The molecule has 5 heteroatoms. The van der Waals surface area contributed by atoms with Crippen LogP contribution in [0, 0.1) is 0 Å². The van der Waals surface area contributed by atoms with Gasteiger partial charge in [-0.05, 0) is 30.7 Å². The Kier molecular flexibility index (Phi) is 3.33. The maximum atomic E-state index is 5.84. The topological polar surface area (TPSA) is 69.6 Å². The lowest BCUT2D eigenvalue weighted by Crippen LogP contribution is -2.06. The van der Waals surface area contributed by atoms with Gasteiger partial charge >= 0.3 is 0 Å². The molecule has 0 fully saturated rings. The molecule has 0 bridgehead atoms. The van der Waals surface area contributed by atoms with Crippen LogP contribution in [0.5, 0.6) is 0 Å². The largest absolute Gasteiger partial charge is 0.399 e. The fraction of sp³-hybridized carbons (Fsp3) is 0.267. The number of nitrogens with two attached hydrogens (primary N) is 1. The maximum Gasteiger partial charge on any atom is 0.115 e. The molecule has 20 heavy (non-hydrogen) atoms. The number of nitrogen functional groups attached to an aromatic ring is 1. The Balaban J connectivity index is 2.09. The summed E-state index contributed by atoms with van der Waals surface area (Å²) in [4.78, 5) is 12.9. The molecule has 0 spiro atoms. The van der Waals surface area contributed by atoms with Gasteiger partial charge in [0.1, 0.15) is 12.2 Å². The molecule has 0 atom stereocenters. The highest BCUT2D eigenvalue weighted by molar-refractivity contribution is 5.79. The number of anilines is 1. The molecule has 0 aliphatic rings. The van der Waals surface area contributed by atoms with Crippen LogP contribution >= 0.6 is 0 Å². The highest BCUT2D eigenvalue weighted by Gasteiger charge is 2.11. The molecule has 0 unspecified atom stereocenters. The zero-order chi connectivity index (χ0) is 13.9. The van der Waals surface area contributed by atoms with Crippen molar-refractivity contribution in [3.63, 3.8) is 0 Å². The highest BCUT2D eigenvalue weighted by Crippen LogP contribution is 2.21. The smallest absolute Gasteiger partial charge is 0.115 e. The molecule has 3 rings (SSSR count). The van der Waals surface area contributed by atoms with Crippen LogP contribution in [0.4, 0.5) is 5.69 Å². The number of imidazole rings is 1. The summed E-state index contributed by atoms with van der Waals surface area (Å²) in [5.41, 5.74) is 9.61. The lowest BCUT2D eigenvalue weighted by atomic mass is 10.2. The van der Waals surface area contributed by atoms with Gasteiger partial charge in [-0.25, -0.2) is 15.0 Å². The van der Waals surface area contributed by atoms with E-state index < -0.39 is 0 Å². The number of aromatic nitrogens is 4. The summed E-state index contributed by atoms with van der Waals surface area (Å²) >= 11 is 0. The minimum Gasteiger partial charge on any atom is -0.399 e. The van der Waals surface area contributed by atoms with Gasteiger partial charge in [-0.1, -0.05) is 6.92 Å². The molecule has 102 valence electrons. The average molecular weight is 267 g/mol. The van der Waals surface area contributed by atoms with Crippen LogP contribution in [0.1, 0.15) is 24.9 Å². The van der Waals surface area contributed by atoms with Crippen LogP contribution in [0.2, 0.25) is 0 Å². The van der Waals surface area contributed by atoms with Crippen molar-refractivity contribution in [2.45, 2.75) is 26.3 Å². The average Bonchev–Trinajstić information content (AvgIpc) is 2.77. The van der Waals surface area contributed by atoms with Crippen LogP contribution in [0.3, 0.4) is 0 Å². The third-order valence-electron chi connectivity index (χ3n) is 3.29. The molecule has 3 aromatic rings. The normalized spacial score (nSPS) is 11.1. The van der Waals surface area contributed by atoms with Gasteiger partial charge in [0.2, 0.25) is 0 Å². The minimum absolute atomic E-state index is 0.707. The Morgan fingerprint density at radius 2 is 2.15 bits per heavy atom. The van der Waals surface area contributed by atoms with Gasteiger partial charge in [0.15, 0.2) is 0 Å². The third kappa shape index (κ3) is 2.34. The van der Waals surface area contributed by atoms with Crippen molar-refractivity contribution in [1.82, 2.24) is 19.5 Å². The SMILES string of the molecule is CCCc1nc2cc(N)ccc2n1Cc1ccncn1. The van der Waals surface area contributed by atoms with Crippen molar-refractivity contribution < 1.29 is 0 Å². The van der Waals surface area contributed by atoms with Crippen LogP contribution in [-0.2, 0) is 13.0 Å². The minimum atomic E-state index is 0.707. The Labute approximate surface area is 117 Å². The molecule has 0 aliphatic heterocycles.